The second-order valence-electron chi connectivity index (χ2n) is 5.12. The third-order valence-electron chi connectivity index (χ3n) is 3.49. The predicted molar refractivity (Wildman–Crippen MR) is 96.4 cm³/mol. The maximum absolute atomic E-state index is 13.2. The third-order valence-corrected chi connectivity index (χ3v) is 4.86. The first kappa shape index (κ1) is 15.9. The molecule has 2 aromatic rings. The fraction of sp³-hybridized carbons (Fsp3) is 0.111. The van der Waals surface area contributed by atoms with Crippen LogP contribution in [0.2, 0.25) is 0 Å². The summed E-state index contributed by atoms with van der Waals surface area (Å²) in [4.78, 5) is 14.6. The Morgan fingerprint density at radius 3 is 2.65 bits per heavy atom. The molecule has 0 aromatic heterocycles. The highest BCUT2D eigenvalue weighted by atomic mass is 32.2. The molecule has 5 heteroatoms. The Balaban J connectivity index is 1.72. The zero-order chi connectivity index (χ0) is 16.2. The Morgan fingerprint density at radius 1 is 1.13 bits per heavy atom. The molecule has 0 radical (unpaired) electrons. The van der Waals surface area contributed by atoms with Crippen molar-refractivity contribution in [1.29, 1.82) is 0 Å². The molecule has 1 aliphatic heterocycles. The number of carbonyl (C=O) groups excluding carboxylic acids is 1. The Morgan fingerprint density at radius 2 is 1.91 bits per heavy atom. The van der Waals surface area contributed by atoms with E-state index < -0.39 is 0 Å². The fourth-order valence-electron chi connectivity index (χ4n) is 2.33. The van der Waals surface area contributed by atoms with E-state index in [0.717, 1.165) is 12.0 Å². The lowest BCUT2D eigenvalue weighted by atomic mass is 10.1. The average Bonchev–Trinajstić information content (AvgIpc) is 2.80. The number of rotatable bonds is 4. The number of carbonyl (C=O) groups is 1. The van der Waals surface area contributed by atoms with Crippen molar-refractivity contribution in [2.75, 3.05) is 6.54 Å². The van der Waals surface area contributed by atoms with Crippen molar-refractivity contribution in [3.8, 4) is 0 Å². The first-order valence-corrected chi connectivity index (χ1v) is 8.41. The molecule has 0 N–H and O–H groups in total. The van der Waals surface area contributed by atoms with Gasteiger partial charge >= 0.3 is 0 Å². The number of amides is 1. The van der Waals surface area contributed by atoms with Gasteiger partial charge < -0.3 is 0 Å². The van der Waals surface area contributed by atoms with Crippen LogP contribution in [0.4, 0.5) is 4.39 Å². The number of halogens is 1. The molecular weight excluding hydrogens is 329 g/mol. The van der Waals surface area contributed by atoms with E-state index in [1.165, 1.54) is 23.9 Å². The minimum absolute atomic E-state index is 0.111. The first-order chi connectivity index (χ1) is 11.1. The Labute approximate surface area is 144 Å². The third kappa shape index (κ3) is 3.86. The maximum Gasteiger partial charge on any atom is 0.266 e. The van der Waals surface area contributed by atoms with Crippen molar-refractivity contribution in [1.82, 2.24) is 4.90 Å². The minimum Gasteiger partial charge on any atom is -0.293 e. The van der Waals surface area contributed by atoms with Crippen LogP contribution in [0.5, 0.6) is 0 Å². The molecule has 3 rings (SSSR count). The summed E-state index contributed by atoms with van der Waals surface area (Å²) < 4.78 is 13.8. The van der Waals surface area contributed by atoms with Crippen molar-refractivity contribution < 1.29 is 9.18 Å². The van der Waals surface area contributed by atoms with Crippen LogP contribution < -0.4 is 0 Å². The summed E-state index contributed by atoms with van der Waals surface area (Å²) in [6.07, 6.45) is 2.44. The molecule has 23 heavy (non-hydrogen) atoms. The van der Waals surface area contributed by atoms with Gasteiger partial charge in [0.2, 0.25) is 0 Å². The van der Waals surface area contributed by atoms with Gasteiger partial charge in [-0.15, -0.1) is 0 Å². The lowest BCUT2D eigenvalue weighted by Gasteiger charge is -2.14. The number of hydrogen-bond donors (Lipinski definition) is 0. The second-order valence-corrected chi connectivity index (χ2v) is 6.80. The molecule has 0 saturated carbocycles. The van der Waals surface area contributed by atoms with Crippen molar-refractivity contribution >= 4 is 40.3 Å². The Kier molecular flexibility index (Phi) is 4.88. The summed E-state index contributed by atoms with van der Waals surface area (Å²) in [5, 5.41) is 0. The smallest absolute Gasteiger partial charge is 0.266 e. The standard InChI is InChI=1S/C18H14FNOS2/c19-15-8-4-7-14(11-15)12-16-17(21)20(18(22)23-16)10-9-13-5-2-1-3-6-13/h1-8,11-12H,9-10H2. The number of hydrogen-bond acceptors (Lipinski definition) is 3. The zero-order valence-corrected chi connectivity index (χ0v) is 13.9. The molecule has 1 saturated heterocycles. The predicted octanol–water partition coefficient (Wildman–Crippen LogP) is 4.27. The van der Waals surface area contributed by atoms with E-state index in [0.29, 0.717) is 21.3 Å². The monoisotopic (exact) mass is 343 g/mol. The Hall–Kier alpha value is -1.98. The second kappa shape index (κ2) is 7.06. The molecule has 0 atom stereocenters. The van der Waals surface area contributed by atoms with Gasteiger partial charge in [-0.25, -0.2) is 4.39 Å². The highest BCUT2D eigenvalue weighted by molar-refractivity contribution is 8.26. The summed E-state index contributed by atoms with van der Waals surface area (Å²) in [5.41, 5.74) is 1.82. The van der Waals surface area contributed by atoms with Gasteiger partial charge in [-0.3, -0.25) is 9.69 Å². The number of benzene rings is 2. The molecule has 1 heterocycles. The summed E-state index contributed by atoms with van der Waals surface area (Å²) >= 11 is 6.57. The van der Waals surface area contributed by atoms with Gasteiger partial charge in [0.25, 0.3) is 5.91 Å². The summed E-state index contributed by atoms with van der Waals surface area (Å²) in [6, 6.07) is 16.1. The van der Waals surface area contributed by atoms with Gasteiger partial charge in [-0.2, -0.15) is 0 Å². The molecule has 0 spiro atoms. The van der Waals surface area contributed by atoms with Crippen LogP contribution in [0.25, 0.3) is 6.08 Å². The summed E-state index contributed by atoms with van der Waals surface area (Å²) in [7, 11) is 0. The van der Waals surface area contributed by atoms with Crippen LogP contribution in [0.15, 0.2) is 59.5 Å². The van der Waals surface area contributed by atoms with E-state index >= 15 is 0 Å². The molecule has 1 fully saturated rings. The topological polar surface area (TPSA) is 20.3 Å². The van der Waals surface area contributed by atoms with Gasteiger partial charge in [0.05, 0.1) is 4.91 Å². The van der Waals surface area contributed by atoms with Crippen LogP contribution in [-0.4, -0.2) is 21.7 Å². The molecule has 2 nitrogen and oxygen atoms in total. The van der Waals surface area contributed by atoms with Crippen molar-refractivity contribution in [3.05, 3.63) is 76.4 Å². The lowest BCUT2D eigenvalue weighted by Crippen LogP contribution is -2.30. The summed E-state index contributed by atoms with van der Waals surface area (Å²) in [6.45, 7) is 0.551. The highest BCUT2D eigenvalue weighted by Crippen LogP contribution is 2.32. The quantitative estimate of drug-likeness (QED) is 0.611. The molecule has 1 aliphatic rings. The first-order valence-electron chi connectivity index (χ1n) is 7.18. The molecule has 116 valence electrons. The lowest BCUT2D eigenvalue weighted by molar-refractivity contribution is -0.122. The SMILES string of the molecule is O=C1C(=Cc2cccc(F)c2)SC(=S)N1CCc1ccccc1. The fourth-order valence-corrected chi connectivity index (χ4v) is 3.63. The van der Waals surface area contributed by atoms with Crippen LogP contribution in [0, 0.1) is 5.82 Å². The van der Waals surface area contributed by atoms with E-state index in [-0.39, 0.29) is 11.7 Å². The van der Waals surface area contributed by atoms with Gasteiger partial charge in [-0.05, 0) is 35.8 Å². The molecule has 0 aliphatic carbocycles. The van der Waals surface area contributed by atoms with Crippen molar-refractivity contribution in [2.24, 2.45) is 0 Å². The molecule has 2 aromatic carbocycles. The molecular formula is C18H14FNOS2. The van der Waals surface area contributed by atoms with Crippen LogP contribution in [0.3, 0.4) is 0 Å². The van der Waals surface area contributed by atoms with E-state index in [1.807, 2.05) is 30.3 Å². The number of nitrogens with zero attached hydrogens (tertiary/aromatic N) is 1. The van der Waals surface area contributed by atoms with Crippen molar-refractivity contribution in [3.63, 3.8) is 0 Å². The van der Waals surface area contributed by atoms with E-state index in [4.69, 9.17) is 12.2 Å². The van der Waals surface area contributed by atoms with Gasteiger partial charge in [0.1, 0.15) is 10.1 Å². The van der Waals surface area contributed by atoms with Crippen molar-refractivity contribution in [2.45, 2.75) is 6.42 Å². The van der Waals surface area contributed by atoms with Gasteiger partial charge in [0.15, 0.2) is 0 Å². The highest BCUT2D eigenvalue weighted by Gasteiger charge is 2.31. The van der Waals surface area contributed by atoms with Crippen LogP contribution in [0.1, 0.15) is 11.1 Å². The minimum atomic E-state index is -0.321. The number of thiocarbonyl (C=S) groups is 1. The van der Waals surface area contributed by atoms with E-state index in [9.17, 15) is 9.18 Å². The molecule has 0 bridgehead atoms. The molecule has 0 unspecified atom stereocenters. The number of thioether (sulfide) groups is 1. The largest absolute Gasteiger partial charge is 0.293 e. The normalized spacial score (nSPS) is 16.4. The maximum atomic E-state index is 13.2. The van der Waals surface area contributed by atoms with E-state index in [1.54, 1.807) is 23.1 Å². The summed E-state index contributed by atoms with van der Waals surface area (Å²) in [5.74, 6) is -0.432. The van der Waals surface area contributed by atoms with E-state index in [2.05, 4.69) is 0 Å². The zero-order valence-electron chi connectivity index (χ0n) is 12.2. The van der Waals surface area contributed by atoms with Crippen LogP contribution in [-0.2, 0) is 11.2 Å². The van der Waals surface area contributed by atoms with Gasteiger partial charge in [0, 0.05) is 6.54 Å². The van der Waals surface area contributed by atoms with Gasteiger partial charge in [-0.1, -0.05) is 66.4 Å². The van der Waals surface area contributed by atoms with Crippen LogP contribution >= 0.6 is 24.0 Å². The molecule has 1 amide bonds. The Bertz CT molecular complexity index is 774. The average molecular weight is 343 g/mol.